The summed E-state index contributed by atoms with van der Waals surface area (Å²) in [6.45, 7) is 2.05. The first kappa shape index (κ1) is 21.8. The molecule has 166 valence electrons. The van der Waals surface area contributed by atoms with E-state index in [9.17, 15) is 9.90 Å². The maximum Gasteiger partial charge on any atom is 0.275 e. The molecule has 0 bridgehead atoms. The quantitative estimate of drug-likeness (QED) is 0.331. The lowest BCUT2D eigenvalue weighted by molar-refractivity contribution is 0.0952. The third-order valence-corrected chi connectivity index (χ3v) is 4.93. The molecule has 1 amide bonds. The van der Waals surface area contributed by atoms with E-state index in [1.807, 2.05) is 31.2 Å². The van der Waals surface area contributed by atoms with Crippen molar-refractivity contribution >= 4 is 23.0 Å². The molecule has 3 aromatic carbocycles. The van der Waals surface area contributed by atoms with Gasteiger partial charge in [-0.1, -0.05) is 36.4 Å². The van der Waals surface area contributed by atoms with E-state index in [2.05, 4.69) is 20.5 Å². The van der Waals surface area contributed by atoms with Crippen molar-refractivity contribution in [1.82, 2.24) is 15.4 Å². The fourth-order valence-electron chi connectivity index (χ4n) is 3.33. The third-order valence-electron chi connectivity index (χ3n) is 4.93. The molecule has 0 radical (unpaired) electrons. The number of hydrogen-bond donors (Lipinski definition) is 2. The fraction of sp³-hybridized carbons (Fsp3) is 0.120. The van der Waals surface area contributed by atoms with Crippen LogP contribution < -0.4 is 14.9 Å². The molecule has 4 aromatic rings. The molecule has 2 N–H and O–H groups in total. The summed E-state index contributed by atoms with van der Waals surface area (Å²) in [4.78, 5) is 21.4. The summed E-state index contributed by atoms with van der Waals surface area (Å²) in [6.07, 6.45) is 1.45. The highest BCUT2D eigenvalue weighted by Crippen LogP contribution is 2.31. The van der Waals surface area contributed by atoms with Gasteiger partial charge in [0.15, 0.2) is 17.3 Å². The van der Waals surface area contributed by atoms with Gasteiger partial charge in [-0.15, -0.1) is 0 Å². The number of amides is 1. The van der Waals surface area contributed by atoms with E-state index in [0.717, 1.165) is 16.6 Å². The second kappa shape index (κ2) is 9.78. The highest BCUT2D eigenvalue weighted by molar-refractivity contribution is 5.97. The van der Waals surface area contributed by atoms with Crippen molar-refractivity contribution in [1.29, 1.82) is 0 Å². The Kier molecular flexibility index (Phi) is 6.45. The summed E-state index contributed by atoms with van der Waals surface area (Å²) in [6, 6.07) is 19.3. The lowest BCUT2D eigenvalue weighted by Crippen LogP contribution is -2.17. The van der Waals surface area contributed by atoms with Gasteiger partial charge in [0.1, 0.15) is 12.4 Å². The Hall–Kier alpha value is -4.46. The predicted octanol–water partition coefficient (Wildman–Crippen LogP) is 4.00. The van der Waals surface area contributed by atoms with Crippen LogP contribution in [0.2, 0.25) is 0 Å². The number of fused-ring (bicyclic) bond motifs is 1. The summed E-state index contributed by atoms with van der Waals surface area (Å²) >= 11 is 0. The first-order chi connectivity index (χ1) is 16.1. The Morgan fingerprint density at radius 2 is 1.85 bits per heavy atom. The SMILES string of the molecule is COc1cccc(/C=N/NC(=O)c2ccccc2O)c1OCc1nc(C)c2ccccc2n1. The smallest absolute Gasteiger partial charge is 0.275 e. The van der Waals surface area contributed by atoms with Crippen LogP contribution in [0, 0.1) is 6.92 Å². The molecular weight excluding hydrogens is 420 g/mol. The minimum atomic E-state index is -0.533. The van der Waals surface area contributed by atoms with Crippen molar-refractivity contribution in [3.63, 3.8) is 0 Å². The van der Waals surface area contributed by atoms with Gasteiger partial charge in [-0.25, -0.2) is 15.4 Å². The Labute approximate surface area is 190 Å². The largest absolute Gasteiger partial charge is 0.507 e. The van der Waals surface area contributed by atoms with Crippen LogP contribution in [0.15, 0.2) is 71.8 Å². The summed E-state index contributed by atoms with van der Waals surface area (Å²) in [5.74, 6) is 0.822. The molecule has 0 aliphatic heterocycles. The van der Waals surface area contributed by atoms with E-state index in [-0.39, 0.29) is 17.9 Å². The number of rotatable bonds is 7. The number of aromatic hydroxyl groups is 1. The zero-order valence-electron chi connectivity index (χ0n) is 18.1. The monoisotopic (exact) mass is 442 g/mol. The van der Waals surface area contributed by atoms with Crippen LogP contribution in [0.3, 0.4) is 0 Å². The number of aryl methyl sites for hydroxylation is 1. The number of nitrogens with zero attached hydrogens (tertiary/aromatic N) is 3. The first-order valence-electron chi connectivity index (χ1n) is 10.2. The van der Waals surface area contributed by atoms with Crippen molar-refractivity contribution < 1.29 is 19.4 Å². The molecule has 0 aliphatic carbocycles. The second-order valence-corrected chi connectivity index (χ2v) is 7.13. The zero-order chi connectivity index (χ0) is 23.2. The van der Waals surface area contributed by atoms with Gasteiger partial charge in [0, 0.05) is 16.6 Å². The standard InChI is InChI=1S/C25H22N4O4/c1-16-18-9-3-5-11-20(18)28-23(27-16)15-33-24-17(8-7-13-22(24)32-2)14-26-29-25(31)19-10-4-6-12-21(19)30/h3-14,30H,15H2,1-2H3,(H,29,31)/b26-14+. The van der Waals surface area contributed by atoms with Gasteiger partial charge >= 0.3 is 0 Å². The van der Waals surface area contributed by atoms with E-state index in [4.69, 9.17) is 9.47 Å². The van der Waals surface area contributed by atoms with Crippen molar-refractivity contribution in [2.45, 2.75) is 13.5 Å². The molecule has 0 atom stereocenters. The topological polar surface area (TPSA) is 106 Å². The maximum absolute atomic E-state index is 12.3. The number of hydrogen-bond acceptors (Lipinski definition) is 7. The number of methoxy groups -OCH3 is 1. The van der Waals surface area contributed by atoms with E-state index < -0.39 is 5.91 Å². The van der Waals surface area contributed by atoms with E-state index in [1.165, 1.54) is 18.3 Å². The van der Waals surface area contributed by atoms with Crippen LogP contribution in [0.4, 0.5) is 0 Å². The average molecular weight is 442 g/mol. The van der Waals surface area contributed by atoms with E-state index in [0.29, 0.717) is 22.9 Å². The zero-order valence-corrected chi connectivity index (χ0v) is 18.1. The summed E-state index contributed by atoms with van der Waals surface area (Å²) in [5, 5.41) is 14.8. The van der Waals surface area contributed by atoms with E-state index in [1.54, 1.807) is 37.4 Å². The molecule has 1 heterocycles. The summed E-state index contributed by atoms with van der Waals surface area (Å²) in [5.41, 5.74) is 4.83. The lowest BCUT2D eigenvalue weighted by atomic mass is 10.2. The molecule has 0 spiro atoms. The molecular formula is C25H22N4O4. The fourth-order valence-corrected chi connectivity index (χ4v) is 3.33. The molecule has 4 rings (SSSR count). The number of phenolic OH excluding ortho intramolecular Hbond substituents is 1. The Morgan fingerprint density at radius 1 is 1.06 bits per heavy atom. The number of phenols is 1. The van der Waals surface area contributed by atoms with Gasteiger partial charge in [0.2, 0.25) is 0 Å². The van der Waals surface area contributed by atoms with Crippen molar-refractivity contribution in [3.05, 3.63) is 89.4 Å². The second-order valence-electron chi connectivity index (χ2n) is 7.13. The Balaban J connectivity index is 1.53. The van der Waals surface area contributed by atoms with Gasteiger partial charge in [0.05, 0.1) is 24.4 Å². The highest BCUT2D eigenvalue weighted by Gasteiger charge is 2.13. The van der Waals surface area contributed by atoms with Crippen molar-refractivity contribution in [2.24, 2.45) is 5.10 Å². The summed E-state index contributed by atoms with van der Waals surface area (Å²) < 4.78 is 11.4. The van der Waals surface area contributed by atoms with Gasteiger partial charge in [-0.05, 0) is 37.3 Å². The number of nitrogens with one attached hydrogen (secondary N) is 1. The molecule has 0 aliphatic rings. The number of carbonyl (C=O) groups is 1. The van der Waals surface area contributed by atoms with Crippen LogP contribution >= 0.6 is 0 Å². The molecule has 8 nitrogen and oxygen atoms in total. The maximum atomic E-state index is 12.3. The van der Waals surface area contributed by atoms with Gasteiger partial charge in [-0.3, -0.25) is 4.79 Å². The van der Waals surface area contributed by atoms with Crippen LogP contribution in [0.1, 0.15) is 27.4 Å². The predicted molar refractivity (Wildman–Crippen MR) is 125 cm³/mol. The molecule has 8 heteroatoms. The van der Waals surface area contributed by atoms with Crippen LogP contribution in [0.25, 0.3) is 10.9 Å². The Morgan fingerprint density at radius 3 is 2.67 bits per heavy atom. The number of benzene rings is 3. The minimum Gasteiger partial charge on any atom is -0.507 e. The summed E-state index contributed by atoms with van der Waals surface area (Å²) in [7, 11) is 1.54. The number of aromatic nitrogens is 2. The van der Waals surface area contributed by atoms with E-state index >= 15 is 0 Å². The molecule has 0 saturated heterocycles. The molecule has 33 heavy (non-hydrogen) atoms. The number of hydrazone groups is 1. The van der Waals surface area contributed by atoms with Crippen molar-refractivity contribution in [2.75, 3.05) is 7.11 Å². The average Bonchev–Trinajstić information content (AvgIpc) is 2.83. The molecule has 0 fully saturated rings. The molecule has 0 unspecified atom stereocenters. The lowest BCUT2D eigenvalue weighted by Gasteiger charge is -2.13. The Bertz CT molecular complexity index is 1340. The van der Waals surface area contributed by atoms with Crippen LogP contribution in [-0.4, -0.2) is 34.3 Å². The third kappa shape index (κ3) is 4.90. The van der Waals surface area contributed by atoms with Gasteiger partial charge < -0.3 is 14.6 Å². The van der Waals surface area contributed by atoms with Gasteiger partial charge in [0.25, 0.3) is 5.91 Å². The van der Waals surface area contributed by atoms with Crippen LogP contribution in [0.5, 0.6) is 17.2 Å². The highest BCUT2D eigenvalue weighted by atomic mass is 16.5. The number of carbonyl (C=O) groups excluding carboxylic acids is 1. The van der Waals surface area contributed by atoms with Gasteiger partial charge in [-0.2, -0.15) is 5.10 Å². The normalized spacial score (nSPS) is 11.0. The first-order valence-corrected chi connectivity index (χ1v) is 10.2. The van der Waals surface area contributed by atoms with Crippen LogP contribution in [-0.2, 0) is 6.61 Å². The molecule has 0 saturated carbocycles. The molecule has 1 aromatic heterocycles. The minimum absolute atomic E-state index is 0.122. The number of ether oxygens (including phenoxy) is 2. The number of para-hydroxylation sites is 3. The van der Waals surface area contributed by atoms with Crippen molar-refractivity contribution in [3.8, 4) is 17.2 Å².